The minimum Gasteiger partial charge on any atom is -0.229 e. The molecule has 0 saturated heterocycles. The zero-order chi connectivity index (χ0) is 14.4. The van der Waals surface area contributed by atoms with Crippen LogP contribution in [0.5, 0.6) is 0 Å². The van der Waals surface area contributed by atoms with Crippen molar-refractivity contribution >= 4 is 48.4 Å². The number of benzene rings is 2. The summed E-state index contributed by atoms with van der Waals surface area (Å²) in [6.45, 7) is 0. The summed E-state index contributed by atoms with van der Waals surface area (Å²) in [6.07, 6.45) is 0. The van der Waals surface area contributed by atoms with E-state index in [0.717, 1.165) is 14.6 Å². The van der Waals surface area contributed by atoms with Gasteiger partial charge in [0.05, 0.1) is 15.1 Å². The molecule has 0 spiro atoms. The molecule has 0 radical (unpaired) electrons. The average molecular weight is 332 g/mol. The van der Waals surface area contributed by atoms with Crippen LogP contribution in [0.4, 0.5) is 0 Å². The first-order valence-corrected chi connectivity index (χ1v) is 9.19. The van der Waals surface area contributed by atoms with E-state index in [9.17, 15) is 8.42 Å². The molecule has 0 amide bonds. The summed E-state index contributed by atoms with van der Waals surface area (Å²) in [7, 11) is -3.56. The molecular weight excluding hydrogens is 324 g/mol. The van der Waals surface area contributed by atoms with Crippen LogP contribution in [0.15, 0.2) is 62.2 Å². The van der Waals surface area contributed by atoms with Crippen molar-refractivity contribution in [2.45, 2.75) is 9.24 Å². The molecule has 0 N–H and O–H groups in total. The Kier molecular flexibility index (Phi) is 2.88. The van der Waals surface area contributed by atoms with Gasteiger partial charge in [-0.2, -0.15) is 12.8 Å². The molecule has 7 heteroatoms. The van der Waals surface area contributed by atoms with Gasteiger partial charge in [-0.15, -0.1) is 11.3 Å². The first-order chi connectivity index (χ1) is 10.1. The molecule has 0 unspecified atom stereocenters. The summed E-state index contributed by atoms with van der Waals surface area (Å²) in [5, 5.41) is 0.490. The summed E-state index contributed by atoms with van der Waals surface area (Å²) in [4.78, 5) is 4.77. The SMILES string of the molecule is O=S1(=O)N=C(Sc2nc3ccccc3s2)c2ccccc21. The van der Waals surface area contributed by atoms with Gasteiger partial charge in [-0.25, -0.2) is 4.98 Å². The summed E-state index contributed by atoms with van der Waals surface area (Å²) >= 11 is 2.84. The highest BCUT2D eigenvalue weighted by molar-refractivity contribution is 8.16. The van der Waals surface area contributed by atoms with Crippen LogP contribution in [0.2, 0.25) is 0 Å². The van der Waals surface area contributed by atoms with Crippen molar-refractivity contribution in [1.29, 1.82) is 0 Å². The molecule has 0 bridgehead atoms. The van der Waals surface area contributed by atoms with E-state index in [2.05, 4.69) is 9.38 Å². The number of hydrogen-bond donors (Lipinski definition) is 0. The van der Waals surface area contributed by atoms with Crippen molar-refractivity contribution in [2.24, 2.45) is 4.40 Å². The molecule has 0 fully saturated rings. The second-order valence-electron chi connectivity index (χ2n) is 4.42. The minimum absolute atomic E-state index is 0.272. The molecule has 0 saturated carbocycles. The van der Waals surface area contributed by atoms with Crippen LogP contribution in [0.1, 0.15) is 5.56 Å². The molecule has 1 aromatic heterocycles. The number of fused-ring (bicyclic) bond motifs is 2. The third-order valence-corrected chi connectivity index (χ3v) is 6.61. The van der Waals surface area contributed by atoms with Gasteiger partial charge < -0.3 is 0 Å². The third-order valence-electron chi connectivity index (χ3n) is 3.06. The number of thioether (sulfide) groups is 1. The van der Waals surface area contributed by atoms with Crippen molar-refractivity contribution in [3.05, 3.63) is 54.1 Å². The van der Waals surface area contributed by atoms with Crippen LogP contribution in [-0.4, -0.2) is 18.4 Å². The number of sulfonamides is 1. The van der Waals surface area contributed by atoms with Gasteiger partial charge in [0.15, 0.2) is 4.34 Å². The lowest BCUT2D eigenvalue weighted by Gasteiger charge is -1.98. The van der Waals surface area contributed by atoms with Crippen molar-refractivity contribution in [2.75, 3.05) is 0 Å². The fraction of sp³-hybridized carbons (Fsp3) is 0. The van der Waals surface area contributed by atoms with E-state index in [0.29, 0.717) is 10.6 Å². The Balaban J connectivity index is 1.78. The quantitative estimate of drug-likeness (QED) is 0.684. The Morgan fingerprint density at radius 1 is 1.00 bits per heavy atom. The van der Waals surface area contributed by atoms with Crippen LogP contribution >= 0.6 is 23.1 Å². The number of thiazole rings is 1. The molecule has 4 nitrogen and oxygen atoms in total. The van der Waals surface area contributed by atoms with Gasteiger partial charge in [-0.05, 0) is 30.0 Å². The standard InChI is InChI=1S/C14H8N2O2S3/c17-21(18)12-8-4-1-5-9(12)13(16-21)20-14-15-10-6-2-3-7-11(10)19-14/h1-8H. The highest BCUT2D eigenvalue weighted by atomic mass is 32.2. The fourth-order valence-corrected chi connectivity index (χ4v) is 5.71. The highest BCUT2D eigenvalue weighted by Crippen LogP contribution is 2.37. The van der Waals surface area contributed by atoms with Crippen molar-refractivity contribution in [3.8, 4) is 0 Å². The summed E-state index contributed by atoms with van der Waals surface area (Å²) < 4.78 is 29.8. The zero-order valence-corrected chi connectivity index (χ0v) is 13.0. The Hall–Kier alpha value is -1.70. The van der Waals surface area contributed by atoms with E-state index in [1.807, 2.05) is 30.3 Å². The van der Waals surface area contributed by atoms with E-state index in [1.165, 1.54) is 23.1 Å². The van der Waals surface area contributed by atoms with Crippen LogP contribution in [0.25, 0.3) is 10.2 Å². The molecule has 104 valence electrons. The maximum atomic E-state index is 12.0. The fourth-order valence-electron chi connectivity index (χ4n) is 2.13. The summed E-state index contributed by atoms with van der Waals surface area (Å²) in [5.41, 5.74) is 1.57. The van der Waals surface area contributed by atoms with Crippen LogP contribution in [-0.2, 0) is 10.0 Å². The predicted molar refractivity (Wildman–Crippen MR) is 85.6 cm³/mol. The Bertz CT molecular complexity index is 957. The Morgan fingerprint density at radius 2 is 1.76 bits per heavy atom. The maximum Gasteiger partial charge on any atom is 0.284 e. The summed E-state index contributed by atoms with van der Waals surface area (Å²) in [5.74, 6) is 0. The topological polar surface area (TPSA) is 59.4 Å². The van der Waals surface area contributed by atoms with Crippen molar-refractivity contribution in [3.63, 3.8) is 0 Å². The zero-order valence-electron chi connectivity index (χ0n) is 10.6. The minimum atomic E-state index is -3.56. The molecule has 4 rings (SSSR count). The van der Waals surface area contributed by atoms with E-state index in [-0.39, 0.29) is 4.90 Å². The van der Waals surface area contributed by atoms with Crippen molar-refractivity contribution < 1.29 is 8.42 Å². The molecule has 1 aliphatic rings. The molecule has 2 aromatic carbocycles. The van der Waals surface area contributed by atoms with E-state index in [4.69, 9.17) is 0 Å². The first kappa shape index (κ1) is 13.0. The largest absolute Gasteiger partial charge is 0.284 e. The van der Waals surface area contributed by atoms with Gasteiger partial charge in [-0.1, -0.05) is 30.3 Å². The second kappa shape index (κ2) is 4.66. The lowest BCUT2D eigenvalue weighted by atomic mass is 10.2. The highest BCUT2D eigenvalue weighted by Gasteiger charge is 2.29. The van der Waals surface area contributed by atoms with Gasteiger partial charge in [0.1, 0.15) is 5.04 Å². The van der Waals surface area contributed by atoms with Gasteiger partial charge >= 0.3 is 0 Å². The molecule has 2 heterocycles. The maximum absolute atomic E-state index is 12.0. The van der Waals surface area contributed by atoms with Crippen LogP contribution in [0, 0.1) is 0 Å². The van der Waals surface area contributed by atoms with E-state index in [1.54, 1.807) is 18.2 Å². The van der Waals surface area contributed by atoms with Gasteiger partial charge in [0.25, 0.3) is 10.0 Å². The normalized spacial score (nSPS) is 15.9. The number of aromatic nitrogens is 1. The third kappa shape index (κ3) is 2.17. The molecular formula is C14H8N2O2S3. The molecule has 21 heavy (non-hydrogen) atoms. The first-order valence-electron chi connectivity index (χ1n) is 6.11. The lowest BCUT2D eigenvalue weighted by Crippen LogP contribution is -1.93. The lowest BCUT2D eigenvalue weighted by molar-refractivity contribution is 0.599. The number of nitrogens with zero attached hydrogens (tertiary/aromatic N) is 2. The van der Waals surface area contributed by atoms with Crippen molar-refractivity contribution in [1.82, 2.24) is 4.98 Å². The number of hydrogen-bond acceptors (Lipinski definition) is 5. The molecule has 3 aromatic rings. The second-order valence-corrected chi connectivity index (χ2v) is 8.26. The smallest absolute Gasteiger partial charge is 0.229 e. The van der Waals surface area contributed by atoms with Gasteiger partial charge in [-0.3, -0.25) is 0 Å². The van der Waals surface area contributed by atoms with Gasteiger partial charge in [0.2, 0.25) is 0 Å². The monoisotopic (exact) mass is 332 g/mol. The number of para-hydroxylation sites is 1. The number of rotatable bonds is 1. The van der Waals surface area contributed by atoms with Crippen LogP contribution < -0.4 is 0 Å². The summed E-state index contributed by atoms with van der Waals surface area (Å²) in [6, 6.07) is 14.7. The Morgan fingerprint density at radius 3 is 2.62 bits per heavy atom. The Labute approximate surface area is 129 Å². The average Bonchev–Trinajstić information content (AvgIpc) is 2.98. The molecule has 0 atom stereocenters. The van der Waals surface area contributed by atoms with E-state index >= 15 is 0 Å². The molecule has 1 aliphatic heterocycles. The van der Waals surface area contributed by atoms with Crippen LogP contribution in [0.3, 0.4) is 0 Å². The van der Waals surface area contributed by atoms with E-state index < -0.39 is 10.0 Å². The molecule has 0 aliphatic carbocycles. The van der Waals surface area contributed by atoms with Gasteiger partial charge in [0, 0.05) is 5.56 Å². The predicted octanol–water partition coefficient (Wildman–Crippen LogP) is 3.54.